The maximum absolute atomic E-state index is 10.5. The summed E-state index contributed by atoms with van der Waals surface area (Å²) in [5, 5.41) is 3.22. The Morgan fingerprint density at radius 1 is 1.31 bits per heavy atom. The van der Waals surface area contributed by atoms with Crippen LogP contribution < -0.4 is 11.1 Å². The lowest BCUT2D eigenvalue weighted by atomic mass is 9.98. The third-order valence-electron chi connectivity index (χ3n) is 2.67. The zero-order valence-corrected chi connectivity index (χ0v) is 9.78. The number of amides is 1. The zero-order chi connectivity index (χ0) is 11.8. The van der Waals surface area contributed by atoms with E-state index >= 15 is 0 Å². The molecular weight excluding hydrogens is 200 g/mol. The first-order valence-electron chi connectivity index (χ1n) is 5.74. The average molecular weight is 220 g/mol. The number of carbonyl (C=O) groups excluding carboxylic acids is 1. The molecule has 3 N–H and O–H groups in total. The van der Waals surface area contributed by atoms with Crippen LogP contribution in [0.25, 0.3) is 0 Å². The van der Waals surface area contributed by atoms with Gasteiger partial charge in [-0.3, -0.25) is 4.79 Å². The van der Waals surface area contributed by atoms with Gasteiger partial charge in [-0.25, -0.2) is 0 Å². The molecule has 0 aromatic heterocycles. The number of primary amides is 1. The molecule has 1 rings (SSSR count). The third kappa shape index (κ3) is 4.94. The average Bonchev–Trinajstić information content (AvgIpc) is 2.29. The van der Waals surface area contributed by atoms with E-state index < -0.39 is 0 Å². The van der Waals surface area contributed by atoms with Crippen LogP contribution in [0.2, 0.25) is 0 Å². The van der Waals surface area contributed by atoms with E-state index in [1.165, 1.54) is 5.56 Å². The van der Waals surface area contributed by atoms with Crippen LogP contribution in [0.1, 0.15) is 31.2 Å². The Morgan fingerprint density at radius 2 is 2.00 bits per heavy atom. The smallest absolute Gasteiger partial charge is 0.218 e. The summed E-state index contributed by atoms with van der Waals surface area (Å²) < 4.78 is 0. The van der Waals surface area contributed by atoms with Crippen LogP contribution in [-0.2, 0) is 4.79 Å². The monoisotopic (exact) mass is 220 g/mol. The molecule has 1 unspecified atom stereocenters. The Bertz CT molecular complexity index is 311. The predicted molar refractivity (Wildman–Crippen MR) is 66.2 cm³/mol. The Hall–Kier alpha value is -1.35. The van der Waals surface area contributed by atoms with Crippen molar-refractivity contribution in [3.63, 3.8) is 0 Å². The second-order valence-corrected chi connectivity index (χ2v) is 4.07. The van der Waals surface area contributed by atoms with Gasteiger partial charge in [0.05, 0.1) is 0 Å². The first kappa shape index (κ1) is 12.7. The van der Waals surface area contributed by atoms with Gasteiger partial charge >= 0.3 is 0 Å². The molecule has 16 heavy (non-hydrogen) atoms. The summed E-state index contributed by atoms with van der Waals surface area (Å²) in [6, 6.07) is 10.4. The minimum Gasteiger partial charge on any atom is -0.370 e. The summed E-state index contributed by atoms with van der Waals surface area (Å²) in [5.74, 6) is 0.297. The van der Waals surface area contributed by atoms with Gasteiger partial charge in [0.25, 0.3) is 0 Å². The lowest BCUT2D eigenvalue weighted by Gasteiger charge is -2.11. The normalized spacial score (nSPS) is 12.3. The molecule has 88 valence electrons. The highest BCUT2D eigenvalue weighted by atomic mass is 16.1. The molecule has 1 amide bonds. The highest BCUT2D eigenvalue weighted by Gasteiger charge is 2.03. The van der Waals surface area contributed by atoms with Gasteiger partial charge in [0, 0.05) is 13.0 Å². The topological polar surface area (TPSA) is 55.1 Å². The fourth-order valence-electron chi connectivity index (χ4n) is 1.60. The second kappa shape index (κ2) is 7.01. The van der Waals surface area contributed by atoms with Gasteiger partial charge in [-0.2, -0.15) is 0 Å². The number of hydrogen-bond donors (Lipinski definition) is 2. The fraction of sp³-hybridized carbons (Fsp3) is 0.462. The molecule has 3 heteroatoms. The van der Waals surface area contributed by atoms with E-state index in [2.05, 4.69) is 36.5 Å². The van der Waals surface area contributed by atoms with Gasteiger partial charge in [0.1, 0.15) is 0 Å². The molecule has 0 aliphatic heterocycles. The molecule has 0 aliphatic rings. The maximum atomic E-state index is 10.5. The number of nitrogens with one attached hydrogen (secondary N) is 1. The number of carbonyl (C=O) groups is 1. The van der Waals surface area contributed by atoms with Gasteiger partial charge in [-0.15, -0.1) is 0 Å². The minimum atomic E-state index is -0.247. The van der Waals surface area contributed by atoms with E-state index in [0.29, 0.717) is 18.9 Å². The van der Waals surface area contributed by atoms with Crippen molar-refractivity contribution in [1.82, 2.24) is 5.32 Å². The molecule has 1 aromatic carbocycles. The molecule has 0 aliphatic carbocycles. The third-order valence-corrected chi connectivity index (χ3v) is 2.67. The van der Waals surface area contributed by atoms with Crippen molar-refractivity contribution in [3.8, 4) is 0 Å². The Morgan fingerprint density at radius 3 is 2.62 bits per heavy atom. The number of hydrogen-bond acceptors (Lipinski definition) is 2. The summed E-state index contributed by atoms with van der Waals surface area (Å²) in [6.45, 7) is 3.81. The van der Waals surface area contributed by atoms with E-state index in [1.807, 2.05) is 6.07 Å². The van der Waals surface area contributed by atoms with Crippen LogP contribution in [0.15, 0.2) is 30.3 Å². The van der Waals surface area contributed by atoms with Crippen LogP contribution in [0.5, 0.6) is 0 Å². The number of nitrogens with two attached hydrogens (primary N) is 1. The highest BCUT2D eigenvalue weighted by molar-refractivity contribution is 5.73. The van der Waals surface area contributed by atoms with Crippen LogP contribution >= 0.6 is 0 Å². The molecule has 0 spiro atoms. The van der Waals surface area contributed by atoms with Crippen molar-refractivity contribution in [2.45, 2.75) is 25.7 Å². The SMILES string of the molecule is CC(CCNCCC(N)=O)c1ccccc1. The summed E-state index contributed by atoms with van der Waals surface area (Å²) in [6.07, 6.45) is 1.49. The van der Waals surface area contributed by atoms with Crippen LogP contribution in [0.3, 0.4) is 0 Å². The van der Waals surface area contributed by atoms with Crippen LogP contribution in [0.4, 0.5) is 0 Å². The van der Waals surface area contributed by atoms with Crippen molar-refractivity contribution in [2.75, 3.05) is 13.1 Å². The lowest BCUT2D eigenvalue weighted by Crippen LogP contribution is -2.23. The molecule has 1 atom stereocenters. The van der Waals surface area contributed by atoms with E-state index in [9.17, 15) is 4.79 Å². The molecule has 0 fully saturated rings. The van der Waals surface area contributed by atoms with Crippen LogP contribution in [-0.4, -0.2) is 19.0 Å². The summed E-state index contributed by atoms with van der Waals surface area (Å²) in [7, 11) is 0. The lowest BCUT2D eigenvalue weighted by molar-refractivity contribution is -0.117. The van der Waals surface area contributed by atoms with E-state index in [-0.39, 0.29) is 5.91 Å². The number of benzene rings is 1. The molecular formula is C13H20N2O. The Balaban J connectivity index is 2.16. The van der Waals surface area contributed by atoms with Gasteiger partial charge in [0.2, 0.25) is 5.91 Å². The van der Waals surface area contributed by atoms with Crippen molar-refractivity contribution in [2.24, 2.45) is 5.73 Å². The van der Waals surface area contributed by atoms with Gasteiger partial charge in [0.15, 0.2) is 0 Å². The quantitative estimate of drug-likeness (QED) is 0.686. The Kier molecular flexibility index (Phi) is 5.57. The van der Waals surface area contributed by atoms with Crippen molar-refractivity contribution >= 4 is 5.91 Å². The van der Waals surface area contributed by atoms with Gasteiger partial charge in [-0.1, -0.05) is 37.3 Å². The van der Waals surface area contributed by atoms with E-state index in [4.69, 9.17) is 5.73 Å². The zero-order valence-electron chi connectivity index (χ0n) is 9.78. The second-order valence-electron chi connectivity index (χ2n) is 4.07. The molecule has 0 heterocycles. The predicted octanol–water partition coefficient (Wildman–Crippen LogP) is 1.65. The fourth-order valence-corrected chi connectivity index (χ4v) is 1.60. The molecule has 0 radical (unpaired) electrons. The highest BCUT2D eigenvalue weighted by Crippen LogP contribution is 2.17. The van der Waals surface area contributed by atoms with Crippen LogP contribution in [0, 0.1) is 0 Å². The Labute approximate surface area is 97.0 Å². The molecule has 0 saturated heterocycles. The first-order chi connectivity index (χ1) is 7.70. The molecule has 0 bridgehead atoms. The summed E-state index contributed by atoms with van der Waals surface area (Å²) >= 11 is 0. The van der Waals surface area contributed by atoms with E-state index in [0.717, 1.165) is 13.0 Å². The van der Waals surface area contributed by atoms with Crippen molar-refractivity contribution < 1.29 is 4.79 Å². The molecule has 0 saturated carbocycles. The van der Waals surface area contributed by atoms with Gasteiger partial charge < -0.3 is 11.1 Å². The first-order valence-corrected chi connectivity index (χ1v) is 5.74. The molecule has 1 aromatic rings. The largest absolute Gasteiger partial charge is 0.370 e. The standard InChI is InChI=1S/C13H20N2O/c1-11(12-5-3-2-4-6-12)7-9-15-10-8-13(14)16/h2-6,11,15H,7-10H2,1H3,(H2,14,16). The van der Waals surface area contributed by atoms with Crippen molar-refractivity contribution in [3.05, 3.63) is 35.9 Å². The minimum absolute atomic E-state index is 0.247. The summed E-state index contributed by atoms with van der Waals surface area (Å²) in [5.41, 5.74) is 6.41. The van der Waals surface area contributed by atoms with Gasteiger partial charge in [-0.05, 0) is 24.4 Å². The number of rotatable bonds is 7. The van der Waals surface area contributed by atoms with Crippen molar-refractivity contribution in [1.29, 1.82) is 0 Å². The van der Waals surface area contributed by atoms with E-state index in [1.54, 1.807) is 0 Å². The maximum Gasteiger partial charge on any atom is 0.218 e. The molecule has 3 nitrogen and oxygen atoms in total. The summed E-state index contributed by atoms with van der Waals surface area (Å²) in [4.78, 5) is 10.5.